The van der Waals surface area contributed by atoms with Crippen molar-refractivity contribution in [2.24, 2.45) is 5.73 Å². The number of nitrogens with two attached hydrogens (primary N) is 1. The second-order valence-corrected chi connectivity index (χ2v) is 5.13. The van der Waals surface area contributed by atoms with E-state index in [2.05, 4.69) is 15.9 Å². The summed E-state index contributed by atoms with van der Waals surface area (Å²) in [7, 11) is 1.61. The molecule has 0 spiro atoms. The molecule has 0 saturated heterocycles. The highest BCUT2D eigenvalue weighted by atomic mass is 79.9. The Morgan fingerprint density at radius 3 is 2.33 bits per heavy atom. The van der Waals surface area contributed by atoms with Crippen LogP contribution in [0.15, 0.2) is 4.47 Å². The maximum atomic E-state index is 10.8. The molecule has 4 nitrogen and oxygen atoms in total. The standard InChI is InChI=1S/C13H18BrNO3/c1-6-7(2)13(18-4)12(14)8(3)11(6)9(15)5-10(16)17/h9H,5,15H2,1-4H3,(H,16,17). The van der Waals surface area contributed by atoms with E-state index in [-0.39, 0.29) is 6.42 Å². The third kappa shape index (κ3) is 2.67. The van der Waals surface area contributed by atoms with E-state index in [1.807, 2.05) is 20.8 Å². The lowest BCUT2D eigenvalue weighted by Gasteiger charge is -2.22. The lowest BCUT2D eigenvalue weighted by Crippen LogP contribution is -2.18. The smallest absolute Gasteiger partial charge is 0.305 e. The number of hydrogen-bond donors (Lipinski definition) is 2. The normalized spacial score (nSPS) is 12.3. The molecule has 100 valence electrons. The van der Waals surface area contributed by atoms with Crippen LogP contribution in [-0.2, 0) is 4.79 Å². The van der Waals surface area contributed by atoms with E-state index in [9.17, 15) is 4.79 Å². The average Bonchev–Trinajstić information content (AvgIpc) is 2.26. The number of methoxy groups -OCH3 is 1. The van der Waals surface area contributed by atoms with Gasteiger partial charge in [0.2, 0.25) is 0 Å². The maximum Gasteiger partial charge on any atom is 0.305 e. The Hall–Kier alpha value is -1.07. The summed E-state index contributed by atoms with van der Waals surface area (Å²) in [6, 6.07) is -0.511. The highest BCUT2D eigenvalue weighted by molar-refractivity contribution is 9.10. The Morgan fingerprint density at radius 2 is 1.89 bits per heavy atom. The summed E-state index contributed by atoms with van der Waals surface area (Å²) < 4.78 is 6.19. The second-order valence-electron chi connectivity index (χ2n) is 4.34. The fourth-order valence-corrected chi connectivity index (χ4v) is 2.87. The molecule has 1 atom stereocenters. The molecule has 18 heavy (non-hydrogen) atoms. The molecular weight excluding hydrogens is 298 g/mol. The molecule has 1 rings (SSSR count). The van der Waals surface area contributed by atoms with E-state index in [0.29, 0.717) is 0 Å². The van der Waals surface area contributed by atoms with E-state index in [1.54, 1.807) is 7.11 Å². The van der Waals surface area contributed by atoms with Gasteiger partial charge in [-0.3, -0.25) is 4.79 Å². The molecule has 0 radical (unpaired) electrons. The Kier molecular flexibility index (Phi) is 4.76. The fourth-order valence-electron chi connectivity index (χ4n) is 2.20. The van der Waals surface area contributed by atoms with Crippen molar-refractivity contribution < 1.29 is 14.6 Å². The summed E-state index contributed by atoms with van der Waals surface area (Å²) in [5, 5.41) is 8.85. The van der Waals surface area contributed by atoms with Gasteiger partial charge in [0.1, 0.15) is 5.75 Å². The van der Waals surface area contributed by atoms with Crippen LogP contribution in [0.2, 0.25) is 0 Å². The van der Waals surface area contributed by atoms with Crippen molar-refractivity contribution in [3.63, 3.8) is 0 Å². The van der Waals surface area contributed by atoms with Crippen LogP contribution in [-0.4, -0.2) is 18.2 Å². The first-order chi connectivity index (χ1) is 8.31. The Bertz CT molecular complexity index is 457. The number of hydrogen-bond acceptors (Lipinski definition) is 3. The van der Waals surface area contributed by atoms with E-state index in [0.717, 1.165) is 32.5 Å². The number of halogens is 1. The lowest BCUT2D eigenvalue weighted by atomic mass is 9.91. The molecule has 0 bridgehead atoms. The van der Waals surface area contributed by atoms with Crippen molar-refractivity contribution in [2.45, 2.75) is 33.2 Å². The third-order valence-electron chi connectivity index (χ3n) is 3.21. The summed E-state index contributed by atoms with van der Waals surface area (Å²) >= 11 is 3.48. The zero-order valence-corrected chi connectivity index (χ0v) is 12.6. The quantitative estimate of drug-likeness (QED) is 0.896. The molecule has 5 heteroatoms. The Labute approximate surface area is 115 Å². The SMILES string of the molecule is COc1c(C)c(C)c(C(N)CC(=O)O)c(C)c1Br. The largest absolute Gasteiger partial charge is 0.495 e. The number of aliphatic carboxylic acids is 1. The van der Waals surface area contributed by atoms with Crippen LogP contribution in [0.4, 0.5) is 0 Å². The number of rotatable bonds is 4. The molecule has 0 amide bonds. The van der Waals surface area contributed by atoms with Crippen LogP contribution < -0.4 is 10.5 Å². The highest BCUT2D eigenvalue weighted by Gasteiger charge is 2.21. The number of ether oxygens (including phenoxy) is 1. The minimum atomic E-state index is -0.897. The molecule has 0 aromatic heterocycles. The van der Waals surface area contributed by atoms with Crippen LogP contribution in [0.25, 0.3) is 0 Å². The van der Waals surface area contributed by atoms with Gasteiger partial charge >= 0.3 is 5.97 Å². The molecule has 1 unspecified atom stereocenters. The van der Waals surface area contributed by atoms with Crippen LogP contribution in [0.3, 0.4) is 0 Å². The van der Waals surface area contributed by atoms with Crippen molar-refractivity contribution in [1.29, 1.82) is 0 Å². The number of carboxylic acid groups (broad SMARTS) is 1. The lowest BCUT2D eigenvalue weighted by molar-refractivity contribution is -0.137. The molecule has 0 heterocycles. The summed E-state index contributed by atoms with van der Waals surface area (Å²) in [6.45, 7) is 5.79. The topological polar surface area (TPSA) is 72.5 Å². The average molecular weight is 316 g/mol. The molecule has 0 aliphatic heterocycles. The van der Waals surface area contributed by atoms with Crippen molar-refractivity contribution >= 4 is 21.9 Å². The summed E-state index contributed by atoms with van der Waals surface area (Å²) in [5.41, 5.74) is 9.76. The second kappa shape index (κ2) is 5.71. The van der Waals surface area contributed by atoms with Crippen molar-refractivity contribution in [1.82, 2.24) is 0 Å². The van der Waals surface area contributed by atoms with Gasteiger partial charge in [-0.1, -0.05) is 0 Å². The van der Waals surface area contributed by atoms with Gasteiger partial charge in [0.25, 0.3) is 0 Å². The molecule has 0 aliphatic rings. The molecule has 1 aromatic carbocycles. The number of benzene rings is 1. The Morgan fingerprint density at radius 1 is 1.33 bits per heavy atom. The van der Waals surface area contributed by atoms with Gasteiger partial charge < -0.3 is 15.6 Å². The highest BCUT2D eigenvalue weighted by Crippen LogP contribution is 2.39. The first kappa shape index (κ1) is 15.0. The van der Waals surface area contributed by atoms with Gasteiger partial charge in [-0.15, -0.1) is 0 Å². The van der Waals surface area contributed by atoms with E-state index in [1.165, 1.54) is 0 Å². The predicted molar refractivity (Wildman–Crippen MR) is 74.1 cm³/mol. The van der Waals surface area contributed by atoms with Crippen LogP contribution >= 0.6 is 15.9 Å². The first-order valence-corrected chi connectivity index (χ1v) is 6.41. The van der Waals surface area contributed by atoms with Crippen molar-refractivity contribution in [3.05, 3.63) is 26.7 Å². The summed E-state index contributed by atoms with van der Waals surface area (Å²) in [5.74, 6) is -0.123. The summed E-state index contributed by atoms with van der Waals surface area (Å²) in [6.07, 6.45) is -0.0834. The van der Waals surface area contributed by atoms with Crippen LogP contribution in [0, 0.1) is 20.8 Å². The molecule has 3 N–H and O–H groups in total. The molecular formula is C13H18BrNO3. The van der Waals surface area contributed by atoms with Crippen molar-refractivity contribution in [3.8, 4) is 5.75 Å². The molecule has 1 aromatic rings. The minimum absolute atomic E-state index is 0.0834. The molecule has 0 fully saturated rings. The predicted octanol–water partition coefficient (Wildman–Crippen LogP) is 2.86. The molecule has 0 saturated carbocycles. The zero-order chi connectivity index (χ0) is 14.0. The van der Waals surface area contributed by atoms with Gasteiger partial charge in [-0.25, -0.2) is 0 Å². The van der Waals surface area contributed by atoms with E-state index in [4.69, 9.17) is 15.6 Å². The van der Waals surface area contributed by atoms with Gasteiger partial charge in [-0.05, 0) is 59.0 Å². The molecule has 0 aliphatic carbocycles. The monoisotopic (exact) mass is 315 g/mol. The number of carbonyl (C=O) groups is 1. The van der Waals surface area contributed by atoms with Gasteiger partial charge in [0.05, 0.1) is 18.0 Å². The van der Waals surface area contributed by atoms with Gasteiger partial charge in [0, 0.05) is 6.04 Å². The third-order valence-corrected chi connectivity index (χ3v) is 4.16. The van der Waals surface area contributed by atoms with E-state index < -0.39 is 12.0 Å². The van der Waals surface area contributed by atoms with Crippen molar-refractivity contribution in [2.75, 3.05) is 7.11 Å². The van der Waals surface area contributed by atoms with Gasteiger partial charge in [0.15, 0.2) is 0 Å². The maximum absolute atomic E-state index is 10.8. The van der Waals surface area contributed by atoms with Crippen LogP contribution in [0.1, 0.15) is 34.7 Å². The summed E-state index contributed by atoms with van der Waals surface area (Å²) in [4.78, 5) is 10.8. The van der Waals surface area contributed by atoms with Crippen LogP contribution in [0.5, 0.6) is 5.75 Å². The first-order valence-electron chi connectivity index (χ1n) is 5.61. The Balaban J connectivity index is 3.41. The number of carboxylic acids is 1. The fraction of sp³-hybridized carbons (Fsp3) is 0.462. The zero-order valence-electron chi connectivity index (χ0n) is 11.0. The van der Waals surface area contributed by atoms with E-state index >= 15 is 0 Å². The minimum Gasteiger partial charge on any atom is -0.495 e. The van der Waals surface area contributed by atoms with Gasteiger partial charge in [-0.2, -0.15) is 0 Å².